The quantitative estimate of drug-likeness (QED) is 0.612. The molecule has 1 unspecified atom stereocenters. The fourth-order valence-corrected chi connectivity index (χ4v) is 5.80. The Morgan fingerprint density at radius 2 is 1.82 bits per heavy atom. The normalized spacial score (nSPS) is 17.5. The van der Waals surface area contributed by atoms with E-state index in [0.29, 0.717) is 44.2 Å². The van der Waals surface area contributed by atoms with E-state index in [-0.39, 0.29) is 16.5 Å². The lowest BCUT2D eigenvalue weighted by atomic mass is 9.92. The predicted octanol–water partition coefficient (Wildman–Crippen LogP) is 3.39. The smallest absolute Gasteiger partial charge is 0.265 e. The molecule has 34 heavy (non-hydrogen) atoms. The van der Waals surface area contributed by atoms with Crippen molar-refractivity contribution in [2.75, 3.05) is 38.7 Å². The molecule has 4 rings (SSSR count). The highest BCUT2D eigenvalue weighted by molar-refractivity contribution is 7.89. The molecule has 1 N–H and O–H groups in total. The zero-order chi connectivity index (χ0) is 24.1. The van der Waals surface area contributed by atoms with Crippen LogP contribution in [0.15, 0.2) is 41.3 Å². The Hall–Kier alpha value is -2.62. The van der Waals surface area contributed by atoms with Crippen molar-refractivity contribution in [1.29, 1.82) is 0 Å². The van der Waals surface area contributed by atoms with Crippen molar-refractivity contribution in [2.24, 2.45) is 0 Å². The first-order chi connectivity index (χ1) is 16.4. The van der Waals surface area contributed by atoms with Gasteiger partial charge < -0.3 is 19.5 Å². The van der Waals surface area contributed by atoms with E-state index in [1.807, 2.05) is 19.1 Å². The number of carbonyl (C=O) groups is 1. The Bertz CT molecular complexity index is 1130. The van der Waals surface area contributed by atoms with Crippen LogP contribution in [-0.4, -0.2) is 58.1 Å². The van der Waals surface area contributed by atoms with Gasteiger partial charge in [0.2, 0.25) is 10.0 Å². The van der Waals surface area contributed by atoms with Crippen LogP contribution in [0.2, 0.25) is 0 Å². The highest BCUT2D eigenvalue weighted by Crippen LogP contribution is 2.30. The van der Waals surface area contributed by atoms with Crippen molar-refractivity contribution in [3.8, 4) is 11.5 Å². The summed E-state index contributed by atoms with van der Waals surface area (Å²) in [6, 6.07) is 10.5. The van der Waals surface area contributed by atoms with Gasteiger partial charge in [0.05, 0.1) is 30.9 Å². The number of sulfonamides is 1. The van der Waals surface area contributed by atoms with Crippen molar-refractivity contribution in [3.63, 3.8) is 0 Å². The Kier molecular flexibility index (Phi) is 7.75. The van der Waals surface area contributed by atoms with E-state index in [1.165, 1.54) is 41.1 Å². The summed E-state index contributed by atoms with van der Waals surface area (Å²) in [6.07, 6.45) is 4.20. The number of nitrogens with one attached hydrogen (secondary N) is 1. The molecule has 1 fully saturated rings. The van der Waals surface area contributed by atoms with Crippen LogP contribution in [0, 0.1) is 0 Å². The molecule has 1 saturated heterocycles. The molecule has 1 heterocycles. The zero-order valence-electron chi connectivity index (χ0n) is 19.7. The predicted molar refractivity (Wildman–Crippen MR) is 129 cm³/mol. The molecule has 1 aliphatic carbocycles. The van der Waals surface area contributed by atoms with Crippen LogP contribution in [0.5, 0.6) is 11.5 Å². The van der Waals surface area contributed by atoms with Crippen LogP contribution in [-0.2, 0) is 32.4 Å². The van der Waals surface area contributed by atoms with Crippen LogP contribution in [0.3, 0.4) is 0 Å². The maximum atomic E-state index is 13.1. The van der Waals surface area contributed by atoms with Gasteiger partial charge in [-0.2, -0.15) is 4.31 Å². The van der Waals surface area contributed by atoms with Gasteiger partial charge >= 0.3 is 0 Å². The highest BCUT2D eigenvalue weighted by Gasteiger charge is 2.28. The SMILES string of the molecule is CCC(Oc1ccc2c(c1)CCCC2)C(=O)Nc1cc(S(=O)(=O)N2CCOCC2)ccc1OC. The van der Waals surface area contributed by atoms with Crippen molar-refractivity contribution < 1.29 is 27.4 Å². The van der Waals surface area contributed by atoms with Crippen molar-refractivity contribution in [1.82, 2.24) is 4.31 Å². The fourth-order valence-electron chi connectivity index (χ4n) is 4.36. The molecule has 2 aromatic carbocycles. The Morgan fingerprint density at radius 3 is 2.53 bits per heavy atom. The van der Waals surface area contributed by atoms with Crippen LogP contribution in [0.4, 0.5) is 5.69 Å². The van der Waals surface area contributed by atoms with Gasteiger partial charge in [0.15, 0.2) is 6.10 Å². The number of morpholine rings is 1. The molecule has 1 amide bonds. The molecule has 0 saturated carbocycles. The standard InChI is InChI=1S/C25H32N2O6S/c1-3-23(33-20-9-8-18-6-4-5-7-19(18)16-20)25(28)26-22-17-21(10-11-24(22)31-2)34(29,30)27-12-14-32-15-13-27/h8-11,16-17,23H,3-7,12-15H2,1-2H3,(H,26,28). The zero-order valence-corrected chi connectivity index (χ0v) is 20.5. The third-order valence-electron chi connectivity index (χ3n) is 6.30. The average molecular weight is 489 g/mol. The van der Waals surface area contributed by atoms with E-state index >= 15 is 0 Å². The lowest BCUT2D eigenvalue weighted by Gasteiger charge is -2.26. The number of benzene rings is 2. The summed E-state index contributed by atoms with van der Waals surface area (Å²) in [5.41, 5.74) is 2.91. The third-order valence-corrected chi connectivity index (χ3v) is 8.19. The lowest BCUT2D eigenvalue weighted by molar-refractivity contribution is -0.122. The number of fused-ring (bicyclic) bond motifs is 1. The van der Waals surface area contributed by atoms with Gasteiger partial charge in [-0.05, 0) is 73.6 Å². The molecule has 1 atom stereocenters. The number of rotatable bonds is 8. The summed E-state index contributed by atoms with van der Waals surface area (Å²) in [5.74, 6) is 0.676. The number of hydrogen-bond donors (Lipinski definition) is 1. The molecule has 184 valence electrons. The van der Waals surface area contributed by atoms with Gasteiger partial charge in [0, 0.05) is 13.1 Å². The first-order valence-corrected chi connectivity index (χ1v) is 13.2. The summed E-state index contributed by atoms with van der Waals surface area (Å²) in [5, 5.41) is 2.81. The summed E-state index contributed by atoms with van der Waals surface area (Å²) >= 11 is 0. The van der Waals surface area contributed by atoms with Crippen molar-refractivity contribution in [2.45, 2.75) is 50.0 Å². The number of amides is 1. The maximum Gasteiger partial charge on any atom is 0.265 e. The van der Waals surface area contributed by atoms with Crippen molar-refractivity contribution >= 4 is 21.6 Å². The number of hydrogen-bond acceptors (Lipinski definition) is 6. The Morgan fingerprint density at radius 1 is 1.09 bits per heavy atom. The lowest BCUT2D eigenvalue weighted by Crippen LogP contribution is -2.40. The number of nitrogens with zero attached hydrogens (tertiary/aromatic N) is 1. The minimum Gasteiger partial charge on any atom is -0.495 e. The summed E-state index contributed by atoms with van der Waals surface area (Å²) in [4.78, 5) is 13.2. The molecule has 1 aliphatic heterocycles. The topological polar surface area (TPSA) is 94.2 Å². The minimum atomic E-state index is -3.71. The molecule has 8 nitrogen and oxygen atoms in total. The molecular formula is C25H32N2O6S. The monoisotopic (exact) mass is 488 g/mol. The second-order valence-corrected chi connectivity index (χ2v) is 10.5. The second kappa shape index (κ2) is 10.8. The molecular weight excluding hydrogens is 456 g/mol. The first kappa shape index (κ1) is 24.5. The molecule has 0 spiro atoms. The van der Waals surface area contributed by atoms with E-state index in [1.54, 1.807) is 6.07 Å². The van der Waals surface area contributed by atoms with Crippen LogP contribution < -0.4 is 14.8 Å². The molecule has 0 bridgehead atoms. The number of methoxy groups -OCH3 is 1. The Labute approximate surface area is 201 Å². The number of carbonyl (C=O) groups excluding carboxylic acids is 1. The number of ether oxygens (including phenoxy) is 3. The first-order valence-electron chi connectivity index (χ1n) is 11.8. The highest BCUT2D eigenvalue weighted by atomic mass is 32.2. The molecule has 2 aromatic rings. The molecule has 2 aliphatic rings. The molecule has 9 heteroatoms. The average Bonchev–Trinajstić information content (AvgIpc) is 2.87. The third kappa shape index (κ3) is 5.37. The van der Waals surface area contributed by atoms with Crippen LogP contribution >= 0.6 is 0 Å². The second-order valence-electron chi connectivity index (χ2n) is 8.52. The summed E-state index contributed by atoms with van der Waals surface area (Å²) < 4.78 is 44.2. The van der Waals surface area contributed by atoms with Gasteiger partial charge in [-0.1, -0.05) is 13.0 Å². The van der Waals surface area contributed by atoms with E-state index in [0.717, 1.165) is 19.3 Å². The molecule has 0 aromatic heterocycles. The van der Waals surface area contributed by atoms with Gasteiger partial charge in [-0.15, -0.1) is 0 Å². The van der Waals surface area contributed by atoms with Gasteiger partial charge in [0.25, 0.3) is 5.91 Å². The van der Waals surface area contributed by atoms with Gasteiger partial charge in [-0.3, -0.25) is 4.79 Å². The largest absolute Gasteiger partial charge is 0.495 e. The Balaban J connectivity index is 1.52. The number of anilines is 1. The van der Waals surface area contributed by atoms with Crippen LogP contribution in [0.25, 0.3) is 0 Å². The van der Waals surface area contributed by atoms with E-state index in [9.17, 15) is 13.2 Å². The van der Waals surface area contributed by atoms with E-state index in [4.69, 9.17) is 14.2 Å². The van der Waals surface area contributed by atoms with Gasteiger partial charge in [-0.25, -0.2) is 8.42 Å². The fraction of sp³-hybridized carbons (Fsp3) is 0.480. The van der Waals surface area contributed by atoms with E-state index < -0.39 is 16.1 Å². The van der Waals surface area contributed by atoms with Crippen molar-refractivity contribution in [3.05, 3.63) is 47.5 Å². The van der Waals surface area contributed by atoms with Gasteiger partial charge in [0.1, 0.15) is 11.5 Å². The summed E-state index contributed by atoms with van der Waals surface area (Å²) in [7, 11) is -2.24. The molecule has 0 radical (unpaired) electrons. The van der Waals surface area contributed by atoms with E-state index in [2.05, 4.69) is 11.4 Å². The number of aryl methyl sites for hydroxylation is 2. The van der Waals surface area contributed by atoms with Crippen LogP contribution in [0.1, 0.15) is 37.3 Å². The maximum absolute atomic E-state index is 13.1. The summed E-state index contributed by atoms with van der Waals surface area (Å²) in [6.45, 7) is 3.18. The minimum absolute atomic E-state index is 0.0918.